The average molecular weight is 366 g/mol. The first-order valence-electron chi connectivity index (χ1n) is 8.66. The lowest BCUT2D eigenvalue weighted by Gasteiger charge is -2.30. The normalized spacial score (nSPS) is 26.3. The minimum absolute atomic E-state index is 0.258. The minimum atomic E-state index is -3.09. The Morgan fingerprint density at radius 2 is 1.65 bits per heavy atom. The maximum Gasteiger partial charge on any atom is 0.308 e. The first kappa shape index (κ1) is 16.9. The second-order valence-electron chi connectivity index (χ2n) is 7.22. The van der Waals surface area contributed by atoms with Gasteiger partial charge in [-0.1, -0.05) is 50.2 Å². The molecule has 2 aromatic carbocycles. The van der Waals surface area contributed by atoms with Gasteiger partial charge in [-0.05, 0) is 23.8 Å². The summed E-state index contributed by atoms with van der Waals surface area (Å²) in [6.07, 6.45) is 1.75. The van der Waals surface area contributed by atoms with Crippen molar-refractivity contribution in [3.8, 4) is 0 Å². The lowest BCUT2D eigenvalue weighted by Crippen LogP contribution is -2.26. The fourth-order valence-electron chi connectivity index (χ4n) is 3.92. The van der Waals surface area contributed by atoms with Crippen molar-refractivity contribution >= 4 is 25.0 Å². The van der Waals surface area contributed by atoms with E-state index < -0.39 is 7.44 Å². The van der Waals surface area contributed by atoms with Crippen LogP contribution in [0.3, 0.4) is 0 Å². The molecule has 4 rings (SSSR count). The van der Waals surface area contributed by atoms with E-state index in [4.69, 9.17) is 0 Å². The number of fused-ring (bicyclic) bond motifs is 1. The van der Waals surface area contributed by atoms with Crippen LogP contribution in [-0.4, -0.2) is 25.1 Å². The third kappa shape index (κ3) is 2.31. The molecule has 0 amide bonds. The largest absolute Gasteiger partial charge is 0.346 e. The summed E-state index contributed by atoms with van der Waals surface area (Å²) in [4.78, 5) is 2.15. The molecule has 6 heteroatoms. The smallest absolute Gasteiger partial charge is 0.308 e. The summed E-state index contributed by atoms with van der Waals surface area (Å²) < 4.78 is 15.6. The van der Waals surface area contributed by atoms with Crippen molar-refractivity contribution in [2.75, 3.05) is 24.1 Å². The van der Waals surface area contributed by atoms with Crippen LogP contribution in [0.4, 0.5) is 11.4 Å². The highest BCUT2D eigenvalue weighted by molar-refractivity contribution is 7.68. The van der Waals surface area contributed by atoms with Crippen molar-refractivity contribution in [2.45, 2.75) is 19.3 Å². The Balaban J connectivity index is 1.88. The van der Waals surface area contributed by atoms with Crippen LogP contribution in [0, 0.1) is 0 Å². The summed E-state index contributed by atoms with van der Waals surface area (Å²) >= 11 is 0. The third-order valence-corrected chi connectivity index (χ3v) is 7.70. The van der Waals surface area contributed by atoms with E-state index in [-0.39, 0.29) is 5.41 Å². The molecule has 2 aliphatic heterocycles. The van der Waals surface area contributed by atoms with Crippen LogP contribution in [0.2, 0.25) is 0 Å². The molecule has 0 spiro atoms. The zero-order valence-electron chi connectivity index (χ0n) is 15.5. The van der Waals surface area contributed by atoms with Crippen LogP contribution in [0.15, 0.2) is 70.7 Å². The van der Waals surface area contributed by atoms with Gasteiger partial charge in [0.15, 0.2) is 0 Å². The van der Waals surface area contributed by atoms with Gasteiger partial charge in [-0.25, -0.2) is 4.78 Å². The molecule has 0 saturated heterocycles. The first-order valence-corrected chi connectivity index (χ1v) is 10.3. The van der Waals surface area contributed by atoms with Gasteiger partial charge in [-0.2, -0.15) is 5.10 Å². The fraction of sp³-hybridized carbons (Fsp3) is 0.250. The summed E-state index contributed by atoms with van der Waals surface area (Å²) in [6, 6.07) is 18.0. The minimum Gasteiger partial charge on any atom is -0.346 e. The van der Waals surface area contributed by atoms with Crippen molar-refractivity contribution in [3.05, 3.63) is 71.2 Å². The molecule has 0 radical (unpaired) electrons. The molecule has 5 nitrogen and oxygen atoms in total. The number of allylic oxidation sites excluding steroid dienone is 2. The maximum absolute atomic E-state index is 14.0. The van der Waals surface area contributed by atoms with Crippen LogP contribution in [0.1, 0.15) is 19.4 Å². The van der Waals surface area contributed by atoms with Crippen LogP contribution < -0.4 is 9.99 Å². The van der Waals surface area contributed by atoms with E-state index in [1.165, 1.54) is 5.56 Å². The second kappa shape index (κ2) is 5.75. The highest BCUT2D eigenvalue weighted by Gasteiger charge is 2.47. The molecule has 0 unspecified atom stereocenters. The molecule has 2 heterocycles. The summed E-state index contributed by atoms with van der Waals surface area (Å²) in [7, 11) is 0.707. The number of para-hydroxylation sites is 2. The Bertz CT molecular complexity index is 965. The van der Waals surface area contributed by atoms with Gasteiger partial charge in [0, 0.05) is 36.6 Å². The van der Waals surface area contributed by atoms with E-state index >= 15 is 0 Å². The number of nitrogens with zero attached hydrogens (tertiary/aromatic N) is 3. The van der Waals surface area contributed by atoms with E-state index in [0.717, 1.165) is 22.4 Å². The molecule has 0 saturated carbocycles. The molecule has 0 bridgehead atoms. The van der Waals surface area contributed by atoms with Gasteiger partial charge in [0.2, 0.25) is 0 Å². The number of rotatable bonds is 2. The molecule has 2 aromatic rings. The fourth-order valence-corrected chi connectivity index (χ4v) is 6.12. The van der Waals surface area contributed by atoms with E-state index in [1.54, 1.807) is 18.0 Å². The van der Waals surface area contributed by atoms with Gasteiger partial charge in [0.1, 0.15) is 0 Å². The van der Waals surface area contributed by atoms with Gasteiger partial charge >= 0.3 is 7.44 Å². The number of benzene rings is 2. The Labute approximate surface area is 154 Å². The molecule has 0 aromatic heterocycles. The summed E-state index contributed by atoms with van der Waals surface area (Å²) in [5, 5.41) is 8.38. The van der Waals surface area contributed by atoms with Gasteiger partial charge in [-0.15, -0.1) is 0 Å². The first-order chi connectivity index (χ1) is 12.4. The predicted octanol–water partition coefficient (Wildman–Crippen LogP) is 4.86. The highest BCUT2D eigenvalue weighted by Crippen LogP contribution is 2.63. The Kier molecular flexibility index (Phi) is 3.74. The summed E-state index contributed by atoms with van der Waals surface area (Å²) in [5.74, 6) is 0. The molecule has 26 heavy (non-hydrogen) atoms. The van der Waals surface area contributed by atoms with Crippen molar-refractivity contribution in [1.82, 2.24) is 4.78 Å². The highest BCUT2D eigenvalue weighted by atomic mass is 31.2. The molecular formula is C20H23N4OP. The lowest BCUT2D eigenvalue weighted by atomic mass is 9.84. The molecular weight excluding hydrogens is 343 g/mol. The number of hydrogen-bond donors (Lipinski definition) is 1. The lowest BCUT2D eigenvalue weighted by molar-refractivity contribution is 0.505. The van der Waals surface area contributed by atoms with Gasteiger partial charge in [0.25, 0.3) is 0 Å². The molecule has 0 aliphatic carbocycles. The van der Waals surface area contributed by atoms with Crippen molar-refractivity contribution in [3.63, 3.8) is 0 Å². The maximum atomic E-state index is 14.0. The summed E-state index contributed by atoms with van der Waals surface area (Å²) in [5.41, 5.74) is 3.97. The van der Waals surface area contributed by atoms with Crippen LogP contribution in [0.5, 0.6) is 0 Å². The molecule has 0 fully saturated rings. The van der Waals surface area contributed by atoms with Crippen LogP contribution in [0.25, 0.3) is 0 Å². The van der Waals surface area contributed by atoms with Gasteiger partial charge < -0.3 is 9.99 Å². The molecule has 1 atom stereocenters. The van der Waals surface area contributed by atoms with Crippen LogP contribution in [-0.2, 0) is 9.98 Å². The number of likely N-dealkylation sites (N-methyl/N-ethyl adjacent to an activating group) is 1. The monoisotopic (exact) mass is 366 g/mol. The van der Waals surface area contributed by atoms with Gasteiger partial charge in [0.05, 0.1) is 11.5 Å². The van der Waals surface area contributed by atoms with Crippen molar-refractivity contribution in [1.29, 1.82) is 0 Å². The number of nitrogens with one attached hydrogen (secondary N) is 1. The number of anilines is 2. The standard InChI is InChI=1S/C20H23N4OP/c1-20(2)16-12-8-9-13-17(16)23(3)19(20)18-14-21-24(4)26(18,25)22-15-10-6-5-7-11-15/h5-14H,1-4H3,(H,22,25)/b19-18-/t26-/m1/s1. The Morgan fingerprint density at radius 3 is 2.35 bits per heavy atom. The van der Waals surface area contributed by atoms with Gasteiger partial charge in [-0.3, -0.25) is 4.57 Å². The third-order valence-electron chi connectivity index (χ3n) is 5.24. The zero-order valence-corrected chi connectivity index (χ0v) is 16.4. The zero-order chi connectivity index (χ0) is 18.5. The summed E-state index contributed by atoms with van der Waals surface area (Å²) in [6.45, 7) is 4.35. The second-order valence-corrected chi connectivity index (χ2v) is 9.66. The Hall–Kier alpha value is -2.52. The quantitative estimate of drug-likeness (QED) is 0.771. The number of hydrazone groups is 1. The molecule has 134 valence electrons. The van der Waals surface area contributed by atoms with E-state index in [9.17, 15) is 4.57 Å². The molecule has 1 N–H and O–H groups in total. The predicted molar refractivity (Wildman–Crippen MR) is 109 cm³/mol. The van der Waals surface area contributed by atoms with E-state index in [2.05, 4.69) is 47.1 Å². The molecule has 2 aliphatic rings. The topological polar surface area (TPSA) is 47.9 Å². The van der Waals surface area contributed by atoms with Crippen LogP contribution >= 0.6 is 7.44 Å². The van der Waals surface area contributed by atoms with Crippen molar-refractivity contribution < 1.29 is 4.57 Å². The SMILES string of the molecule is CN1/C(=C2/C=NN(C)[P@]2(=O)Nc2ccccc2)C(C)(C)c2ccccc21. The van der Waals surface area contributed by atoms with E-state index in [1.807, 2.05) is 43.4 Å². The van der Waals surface area contributed by atoms with E-state index in [0.29, 0.717) is 0 Å². The van der Waals surface area contributed by atoms with Crippen molar-refractivity contribution in [2.24, 2.45) is 5.10 Å². The Morgan fingerprint density at radius 1 is 1.00 bits per heavy atom. The average Bonchev–Trinajstić information content (AvgIpc) is 3.01. The number of hydrogen-bond acceptors (Lipinski definition) is 3.